The molecule has 0 aromatic carbocycles. The predicted molar refractivity (Wildman–Crippen MR) is 141 cm³/mol. The normalized spacial score (nSPS) is 47.8. The van der Waals surface area contributed by atoms with E-state index in [1.165, 1.54) is 12.7 Å². The van der Waals surface area contributed by atoms with Gasteiger partial charge in [0.1, 0.15) is 0 Å². The number of carboxylic acid groups (broad SMARTS) is 1. The molecule has 10 atom stereocenters. The number of aliphatic hydroxyl groups excluding tert-OH is 1. The van der Waals surface area contributed by atoms with Crippen LogP contribution >= 0.6 is 0 Å². The Bertz CT molecular complexity index is 955. The summed E-state index contributed by atoms with van der Waals surface area (Å²) < 4.78 is 5.03. The van der Waals surface area contributed by atoms with Gasteiger partial charge in [0.25, 0.3) is 0 Å². The third-order valence-corrected chi connectivity index (χ3v) is 12.5. The second-order valence-corrected chi connectivity index (χ2v) is 13.7. The lowest BCUT2D eigenvalue weighted by Crippen LogP contribution is -2.65. The number of aliphatic hydroxyl groups is 1. The van der Waals surface area contributed by atoms with E-state index in [9.17, 15) is 19.8 Å². The molecule has 5 heteroatoms. The molecule has 36 heavy (non-hydrogen) atoms. The van der Waals surface area contributed by atoms with E-state index >= 15 is 0 Å². The summed E-state index contributed by atoms with van der Waals surface area (Å²) >= 11 is 0. The molecule has 4 aliphatic carbocycles. The summed E-state index contributed by atoms with van der Waals surface area (Å²) in [6.45, 7) is 20.0. The van der Waals surface area contributed by atoms with Crippen molar-refractivity contribution in [2.45, 2.75) is 98.5 Å². The average Bonchev–Trinajstić information content (AvgIpc) is 3.11. The third kappa shape index (κ3) is 3.50. The molecule has 0 aromatic heterocycles. The molecule has 0 aliphatic heterocycles. The minimum atomic E-state index is -1.07. The molecule has 0 bridgehead atoms. The number of hydrogen-bond acceptors (Lipinski definition) is 4. The molecule has 5 nitrogen and oxygen atoms in total. The fraction of sp³-hybridized carbons (Fsp3) is 0.806. The van der Waals surface area contributed by atoms with Crippen molar-refractivity contribution in [3.05, 3.63) is 24.3 Å². The molecule has 4 unspecified atom stereocenters. The molecule has 0 heterocycles. The first-order valence-corrected chi connectivity index (χ1v) is 14.0. The van der Waals surface area contributed by atoms with Crippen LogP contribution in [0.15, 0.2) is 24.3 Å². The first kappa shape index (κ1) is 27.4. The van der Waals surface area contributed by atoms with Crippen molar-refractivity contribution in [2.75, 3.05) is 7.11 Å². The number of carbonyl (C=O) groups excluding carboxylic acids is 1. The van der Waals surface area contributed by atoms with Gasteiger partial charge in [0, 0.05) is 6.42 Å². The van der Waals surface area contributed by atoms with Crippen molar-refractivity contribution < 1.29 is 24.5 Å². The minimum Gasteiger partial charge on any atom is -0.481 e. The van der Waals surface area contributed by atoms with Crippen molar-refractivity contribution in [3.8, 4) is 0 Å². The van der Waals surface area contributed by atoms with Crippen LogP contribution in [-0.2, 0) is 14.3 Å². The monoisotopic (exact) mass is 500 g/mol. The zero-order valence-electron chi connectivity index (χ0n) is 23.4. The number of allylic oxidation sites excluding steroid dienone is 2. The summed E-state index contributed by atoms with van der Waals surface area (Å²) in [5.74, 6) is -0.0212. The van der Waals surface area contributed by atoms with Crippen molar-refractivity contribution in [2.24, 2.45) is 51.2 Å². The van der Waals surface area contributed by atoms with Crippen LogP contribution in [0.5, 0.6) is 0 Å². The first-order valence-electron chi connectivity index (χ1n) is 14.0. The van der Waals surface area contributed by atoms with Crippen LogP contribution < -0.4 is 0 Å². The maximum atomic E-state index is 12.8. The molecule has 0 spiro atoms. The predicted octanol–water partition coefficient (Wildman–Crippen LogP) is 6.41. The Kier molecular flexibility index (Phi) is 6.85. The first-order chi connectivity index (χ1) is 16.7. The highest BCUT2D eigenvalue weighted by Crippen LogP contribution is 2.76. The van der Waals surface area contributed by atoms with Gasteiger partial charge in [0.05, 0.1) is 18.6 Å². The fourth-order valence-corrected chi connectivity index (χ4v) is 10.5. The minimum absolute atomic E-state index is 0.0184. The Morgan fingerprint density at radius 1 is 0.972 bits per heavy atom. The van der Waals surface area contributed by atoms with E-state index in [0.29, 0.717) is 31.1 Å². The number of fused-ring (bicyclic) bond motifs is 5. The molecule has 0 amide bonds. The van der Waals surface area contributed by atoms with Crippen LogP contribution in [0.3, 0.4) is 0 Å². The molecule has 4 fully saturated rings. The zero-order valence-corrected chi connectivity index (χ0v) is 23.4. The number of hydrogen-bond donors (Lipinski definition) is 2. The topological polar surface area (TPSA) is 83.8 Å². The van der Waals surface area contributed by atoms with E-state index in [1.54, 1.807) is 0 Å². The van der Waals surface area contributed by atoms with Gasteiger partial charge in [0.15, 0.2) is 0 Å². The van der Waals surface area contributed by atoms with E-state index in [-0.39, 0.29) is 40.0 Å². The van der Waals surface area contributed by atoms with Gasteiger partial charge in [-0.1, -0.05) is 45.1 Å². The lowest BCUT2D eigenvalue weighted by molar-refractivity contribution is -0.225. The standard InChI is InChI=1S/C31H48O5/c1-18(2)20-17-24(32)31(27(34)35)16-15-29(6)22(26(20)31)9-10-23-28(5,13-12-25(33)36-8)21(19(3)4)11-14-30(23,29)7/h20-24,26,32H,1,3,9-17H2,2,4-8H3,(H,34,35)/t20-,21?,22?,23?,24-,26?,28-,29+,30+,31+/m0/s1. The van der Waals surface area contributed by atoms with Gasteiger partial charge >= 0.3 is 11.9 Å². The Morgan fingerprint density at radius 2 is 1.64 bits per heavy atom. The molecule has 2 N–H and O–H groups in total. The summed E-state index contributed by atoms with van der Waals surface area (Å²) in [5.41, 5.74) is 1.05. The SMILES string of the molecule is C=C(C)C1CC[C@]2(C)C(CCC3C4[C@H](C(=C)C)C[C@H](O)[C@]4(C(=O)O)CC[C@]32C)[C@@]1(C)CCC(=O)OC. The van der Waals surface area contributed by atoms with E-state index in [2.05, 4.69) is 40.9 Å². The molecule has 0 aromatic rings. The number of ether oxygens (including phenoxy) is 1. The quantitative estimate of drug-likeness (QED) is 0.325. The number of carbonyl (C=O) groups is 2. The number of esters is 1. The fourth-order valence-electron chi connectivity index (χ4n) is 10.5. The second-order valence-electron chi connectivity index (χ2n) is 13.7. The highest BCUT2D eigenvalue weighted by Gasteiger charge is 2.72. The molecular formula is C31H48O5. The summed E-state index contributed by atoms with van der Waals surface area (Å²) in [6, 6.07) is 0. The summed E-state index contributed by atoms with van der Waals surface area (Å²) in [6.07, 6.45) is 6.34. The summed E-state index contributed by atoms with van der Waals surface area (Å²) in [7, 11) is 1.46. The second kappa shape index (κ2) is 8.99. The molecule has 4 rings (SSSR count). The smallest absolute Gasteiger partial charge is 0.312 e. The van der Waals surface area contributed by atoms with E-state index in [4.69, 9.17) is 4.74 Å². The lowest BCUT2D eigenvalue weighted by atomic mass is 9.34. The van der Waals surface area contributed by atoms with Crippen LogP contribution in [0.2, 0.25) is 0 Å². The molecule has 4 saturated carbocycles. The van der Waals surface area contributed by atoms with Gasteiger partial charge < -0.3 is 14.9 Å². The van der Waals surface area contributed by atoms with E-state index in [0.717, 1.165) is 44.1 Å². The number of methoxy groups -OCH3 is 1. The zero-order chi connectivity index (χ0) is 26.8. The molecule has 4 aliphatic rings. The highest BCUT2D eigenvalue weighted by molar-refractivity contribution is 5.77. The van der Waals surface area contributed by atoms with Crippen molar-refractivity contribution in [3.63, 3.8) is 0 Å². The Balaban J connectivity index is 1.78. The molecule has 0 saturated heterocycles. The van der Waals surface area contributed by atoms with Crippen LogP contribution in [0.4, 0.5) is 0 Å². The van der Waals surface area contributed by atoms with Crippen LogP contribution in [0, 0.1) is 51.2 Å². The lowest BCUT2D eigenvalue weighted by Gasteiger charge is -2.70. The van der Waals surface area contributed by atoms with Crippen molar-refractivity contribution in [1.29, 1.82) is 0 Å². The van der Waals surface area contributed by atoms with Crippen LogP contribution in [0.1, 0.15) is 92.4 Å². The molecular weight excluding hydrogens is 452 g/mol. The van der Waals surface area contributed by atoms with Gasteiger partial charge in [0.2, 0.25) is 0 Å². The Hall–Kier alpha value is -1.62. The number of carboxylic acids is 1. The van der Waals surface area contributed by atoms with E-state index in [1.807, 2.05) is 6.92 Å². The van der Waals surface area contributed by atoms with Gasteiger partial charge in [-0.25, -0.2) is 0 Å². The number of rotatable bonds is 6. The van der Waals surface area contributed by atoms with Crippen LogP contribution in [0.25, 0.3) is 0 Å². The maximum absolute atomic E-state index is 12.8. The Labute approximate surface area is 217 Å². The van der Waals surface area contributed by atoms with Gasteiger partial charge in [-0.3, -0.25) is 9.59 Å². The third-order valence-electron chi connectivity index (χ3n) is 12.5. The molecule has 0 radical (unpaired) electrons. The van der Waals surface area contributed by atoms with Crippen LogP contribution in [-0.4, -0.2) is 35.4 Å². The van der Waals surface area contributed by atoms with Crippen molar-refractivity contribution in [1.82, 2.24) is 0 Å². The van der Waals surface area contributed by atoms with Gasteiger partial charge in [-0.15, -0.1) is 0 Å². The van der Waals surface area contributed by atoms with Crippen molar-refractivity contribution >= 4 is 11.9 Å². The summed E-state index contributed by atoms with van der Waals surface area (Å²) in [5, 5.41) is 21.7. The van der Waals surface area contributed by atoms with Gasteiger partial charge in [-0.2, -0.15) is 0 Å². The highest BCUT2D eigenvalue weighted by atomic mass is 16.5. The summed E-state index contributed by atoms with van der Waals surface area (Å²) in [4.78, 5) is 25.1. The maximum Gasteiger partial charge on any atom is 0.312 e. The largest absolute Gasteiger partial charge is 0.481 e. The Morgan fingerprint density at radius 3 is 2.19 bits per heavy atom. The number of aliphatic carboxylic acids is 1. The van der Waals surface area contributed by atoms with Gasteiger partial charge in [-0.05, 0) is 111 Å². The average molecular weight is 501 g/mol. The van der Waals surface area contributed by atoms with E-state index < -0.39 is 17.5 Å². The molecule has 202 valence electrons.